The fraction of sp³-hybridized carbons (Fsp3) is 0.222. The Hall–Kier alpha value is -2.87. The molecule has 8 heteroatoms. The van der Waals surface area contributed by atoms with E-state index < -0.39 is 28.5 Å². The van der Waals surface area contributed by atoms with Crippen LogP contribution < -0.4 is 10.0 Å². The lowest BCUT2D eigenvalue weighted by Crippen LogP contribution is -2.31. The van der Waals surface area contributed by atoms with Gasteiger partial charge in [0.1, 0.15) is 0 Å². The molecule has 2 aromatic rings. The van der Waals surface area contributed by atoms with Gasteiger partial charge in [0, 0.05) is 0 Å². The number of rotatable bonds is 7. The van der Waals surface area contributed by atoms with E-state index in [1.165, 1.54) is 12.1 Å². The number of carbonyl (C=O) groups excluding carboxylic acids is 2. The second-order valence-corrected chi connectivity index (χ2v) is 7.44. The molecule has 1 atom stereocenters. The summed E-state index contributed by atoms with van der Waals surface area (Å²) in [4.78, 5) is 24.2. The lowest BCUT2D eigenvalue weighted by molar-refractivity contribution is -0.124. The molecule has 26 heavy (non-hydrogen) atoms. The summed E-state index contributed by atoms with van der Waals surface area (Å²) in [6, 6.07) is 15.1. The molecule has 0 bridgehead atoms. The molecule has 0 aliphatic carbocycles. The molecule has 1 amide bonds. The number of sulfonamides is 1. The highest BCUT2D eigenvalue weighted by molar-refractivity contribution is 7.92. The van der Waals surface area contributed by atoms with E-state index in [0.717, 1.165) is 11.8 Å². The monoisotopic (exact) mass is 376 g/mol. The van der Waals surface area contributed by atoms with E-state index in [0.29, 0.717) is 0 Å². The molecule has 0 aromatic heterocycles. The van der Waals surface area contributed by atoms with E-state index in [9.17, 15) is 18.0 Å². The van der Waals surface area contributed by atoms with Gasteiger partial charge < -0.3 is 10.1 Å². The van der Waals surface area contributed by atoms with Gasteiger partial charge in [-0.1, -0.05) is 42.5 Å². The summed E-state index contributed by atoms with van der Waals surface area (Å²) in [6.45, 7) is 1.35. The van der Waals surface area contributed by atoms with Gasteiger partial charge in [-0.15, -0.1) is 0 Å². The van der Waals surface area contributed by atoms with Gasteiger partial charge in [0.05, 0.1) is 23.5 Å². The van der Waals surface area contributed by atoms with Crippen molar-refractivity contribution in [3.05, 3.63) is 65.7 Å². The molecule has 2 aromatic carbocycles. The Morgan fingerprint density at radius 1 is 1.04 bits per heavy atom. The van der Waals surface area contributed by atoms with Crippen molar-refractivity contribution in [2.45, 2.75) is 13.0 Å². The number of para-hydroxylation sites is 1. The van der Waals surface area contributed by atoms with Crippen molar-refractivity contribution in [3.63, 3.8) is 0 Å². The van der Waals surface area contributed by atoms with Crippen LogP contribution in [-0.4, -0.2) is 33.2 Å². The first-order valence-electron chi connectivity index (χ1n) is 7.84. The number of carbonyl (C=O) groups is 2. The fourth-order valence-corrected chi connectivity index (χ4v) is 2.84. The minimum atomic E-state index is -3.55. The number of amides is 1. The summed E-state index contributed by atoms with van der Waals surface area (Å²) < 4.78 is 30.0. The maximum Gasteiger partial charge on any atom is 0.340 e. The molecule has 0 aliphatic rings. The molecule has 7 nitrogen and oxygen atoms in total. The fourth-order valence-electron chi connectivity index (χ4n) is 2.27. The number of hydrogen-bond donors (Lipinski definition) is 2. The van der Waals surface area contributed by atoms with E-state index in [4.69, 9.17) is 4.74 Å². The molecule has 0 radical (unpaired) electrons. The molecule has 2 N–H and O–H groups in total. The van der Waals surface area contributed by atoms with Crippen molar-refractivity contribution in [1.82, 2.24) is 5.32 Å². The summed E-state index contributed by atoms with van der Waals surface area (Å²) in [5.74, 6) is -1.25. The summed E-state index contributed by atoms with van der Waals surface area (Å²) in [5.41, 5.74) is 1.05. The SMILES string of the molecule is CC(NC(=O)COC(=O)c1ccccc1NS(C)(=O)=O)c1ccccc1. The first-order chi connectivity index (χ1) is 12.3. The molecule has 0 saturated heterocycles. The van der Waals surface area contributed by atoms with Crippen molar-refractivity contribution in [3.8, 4) is 0 Å². The minimum absolute atomic E-state index is 0.0295. The van der Waals surface area contributed by atoms with Crippen LogP contribution >= 0.6 is 0 Å². The number of hydrogen-bond acceptors (Lipinski definition) is 5. The largest absolute Gasteiger partial charge is 0.452 e. The maximum absolute atomic E-state index is 12.2. The third-order valence-corrected chi connectivity index (χ3v) is 4.04. The summed E-state index contributed by atoms with van der Waals surface area (Å²) in [6.07, 6.45) is 0.980. The van der Waals surface area contributed by atoms with E-state index in [-0.39, 0.29) is 17.3 Å². The lowest BCUT2D eigenvalue weighted by atomic mass is 10.1. The highest BCUT2D eigenvalue weighted by Gasteiger charge is 2.17. The van der Waals surface area contributed by atoms with Crippen LogP contribution in [0.4, 0.5) is 5.69 Å². The Labute approximate surface area is 152 Å². The van der Waals surface area contributed by atoms with E-state index in [1.807, 2.05) is 37.3 Å². The quantitative estimate of drug-likeness (QED) is 0.721. The van der Waals surface area contributed by atoms with Crippen LogP contribution in [0.5, 0.6) is 0 Å². The van der Waals surface area contributed by atoms with Gasteiger partial charge in [-0.2, -0.15) is 0 Å². The molecule has 138 valence electrons. The van der Waals surface area contributed by atoms with Crippen molar-refractivity contribution in [2.24, 2.45) is 0 Å². The second kappa shape index (κ2) is 8.48. The topological polar surface area (TPSA) is 102 Å². The molecular formula is C18H20N2O5S. The summed E-state index contributed by atoms with van der Waals surface area (Å²) in [5, 5.41) is 2.73. The molecular weight excluding hydrogens is 356 g/mol. The molecule has 0 heterocycles. The molecule has 1 unspecified atom stereocenters. The first-order valence-corrected chi connectivity index (χ1v) is 9.73. The summed E-state index contributed by atoms with van der Waals surface area (Å²) >= 11 is 0. The average molecular weight is 376 g/mol. The number of ether oxygens (including phenoxy) is 1. The first kappa shape index (κ1) is 19.5. The molecule has 0 aliphatic heterocycles. The van der Waals surface area contributed by atoms with Crippen LogP contribution in [0.3, 0.4) is 0 Å². The van der Waals surface area contributed by atoms with Crippen LogP contribution in [0, 0.1) is 0 Å². The van der Waals surface area contributed by atoms with E-state index in [1.54, 1.807) is 12.1 Å². The number of esters is 1. The van der Waals surface area contributed by atoms with Crippen molar-refractivity contribution >= 4 is 27.6 Å². The zero-order valence-electron chi connectivity index (χ0n) is 14.4. The minimum Gasteiger partial charge on any atom is -0.452 e. The van der Waals surface area contributed by atoms with Gasteiger partial charge in [0.25, 0.3) is 5.91 Å². The van der Waals surface area contributed by atoms with Crippen molar-refractivity contribution in [2.75, 3.05) is 17.6 Å². The molecule has 0 saturated carbocycles. The van der Waals surface area contributed by atoms with E-state index >= 15 is 0 Å². The zero-order valence-corrected chi connectivity index (χ0v) is 15.2. The number of anilines is 1. The highest BCUT2D eigenvalue weighted by Crippen LogP contribution is 2.17. The van der Waals surface area contributed by atoms with E-state index in [2.05, 4.69) is 10.0 Å². The van der Waals surface area contributed by atoms with Crippen molar-refractivity contribution in [1.29, 1.82) is 0 Å². The third-order valence-electron chi connectivity index (χ3n) is 3.45. The maximum atomic E-state index is 12.2. The van der Waals surface area contributed by atoms with Crippen LogP contribution in [0.15, 0.2) is 54.6 Å². The van der Waals surface area contributed by atoms with Crippen LogP contribution in [-0.2, 0) is 19.6 Å². The number of benzene rings is 2. The molecule has 0 spiro atoms. The zero-order chi connectivity index (χ0) is 19.2. The Bertz CT molecular complexity index is 881. The predicted molar refractivity (Wildman–Crippen MR) is 98.2 cm³/mol. The molecule has 2 rings (SSSR count). The summed E-state index contributed by atoms with van der Waals surface area (Å²) in [7, 11) is -3.55. The van der Waals surface area contributed by atoms with Gasteiger partial charge in [-0.25, -0.2) is 13.2 Å². The van der Waals surface area contributed by atoms with Gasteiger partial charge >= 0.3 is 5.97 Å². The van der Waals surface area contributed by atoms with Crippen LogP contribution in [0.1, 0.15) is 28.9 Å². The Kier molecular flexibility index (Phi) is 6.35. The smallest absolute Gasteiger partial charge is 0.340 e. The van der Waals surface area contributed by atoms with Gasteiger partial charge in [-0.05, 0) is 24.6 Å². The van der Waals surface area contributed by atoms with Gasteiger partial charge in [0.2, 0.25) is 10.0 Å². The predicted octanol–water partition coefficient (Wildman–Crippen LogP) is 2.09. The average Bonchev–Trinajstić information content (AvgIpc) is 2.59. The normalized spacial score (nSPS) is 12.1. The highest BCUT2D eigenvalue weighted by atomic mass is 32.2. The standard InChI is InChI=1S/C18H20N2O5S/c1-13(14-8-4-3-5-9-14)19-17(21)12-25-18(22)15-10-6-7-11-16(15)20-26(2,23)24/h3-11,13,20H,12H2,1-2H3,(H,19,21). The second-order valence-electron chi connectivity index (χ2n) is 5.70. The molecule has 0 fully saturated rings. The number of nitrogens with one attached hydrogen (secondary N) is 2. The Morgan fingerprint density at radius 3 is 2.31 bits per heavy atom. The lowest BCUT2D eigenvalue weighted by Gasteiger charge is -2.15. The van der Waals surface area contributed by atoms with Gasteiger partial charge in [-0.3, -0.25) is 9.52 Å². The van der Waals surface area contributed by atoms with Crippen LogP contribution in [0.2, 0.25) is 0 Å². The Morgan fingerprint density at radius 2 is 1.65 bits per heavy atom. The third kappa shape index (κ3) is 5.89. The Balaban J connectivity index is 1.95. The van der Waals surface area contributed by atoms with Crippen LogP contribution in [0.25, 0.3) is 0 Å². The van der Waals surface area contributed by atoms with Gasteiger partial charge in [0.15, 0.2) is 6.61 Å². The van der Waals surface area contributed by atoms with Crippen molar-refractivity contribution < 1.29 is 22.7 Å².